The molecule has 128 valence electrons. The second-order valence-electron chi connectivity index (χ2n) is 5.14. The van der Waals surface area contributed by atoms with Crippen molar-refractivity contribution in [1.82, 2.24) is 15.6 Å². The lowest BCUT2D eigenvalue weighted by molar-refractivity contribution is 0.506. The molecule has 2 aromatic heterocycles. The Morgan fingerprint density at radius 1 is 1.39 bits per heavy atom. The summed E-state index contributed by atoms with van der Waals surface area (Å²) in [7, 11) is 0. The first-order chi connectivity index (χ1) is 10.8. The van der Waals surface area contributed by atoms with Crippen molar-refractivity contribution in [3.63, 3.8) is 0 Å². The highest BCUT2D eigenvalue weighted by atomic mass is 127. The predicted molar refractivity (Wildman–Crippen MR) is 107 cm³/mol. The lowest BCUT2D eigenvalue weighted by Crippen LogP contribution is -2.39. The molecule has 7 heteroatoms. The SMILES string of the molecule is CCCNC(=NCC(C)c1nccs1)NCCc1ccco1.I. The van der Waals surface area contributed by atoms with Gasteiger partial charge in [-0.15, -0.1) is 35.3 Å². The average molecular weight is 448 g/mol. The molecule has 0 aliphatic carbocycles. The van der Waals surface area contributed by atoms with Crippen LogP contribution in [0.15, 0.2) is 39.4 Å². The van der Waals surface area contributed by atoms with Crippen LogP contribution in [0.3, 0.4) is 0 Å². The fourth-order valence-electron chi connectivity index (χ4n) is 1.96. The van der Waals surface area contributed by atoms with E-state index >= 15 is 0 Å². The Hall–Kier alpha value is -1.09. The van der Waals surface area contributed by atoms with Crippen molar-refractivity contribution in [3.8, 4) is 0 Å². The van der Waals surface area contributed by atoms with Gasteiger partial charge in [0, 0.05) is 37.0 Å². The van der Waals surface area contributed by atoms with E-state index in [-0.39, 0.29) is 24.0 Å². The van der Waals surface area contributed by atoms with Crippen LogP contribution in [0, 0.1) is 0 Å². The minimum absolute atomic E-state index is 0. The van der Waals surface area contributed by atoms with Crippen LogP contribution in [0.2, 0.25) is 0 Å². The molecule has 2 rings (SSSR count). The molecule has 0 radical (unpaired) electrons. The Balaban J connectivity index is 0.00000264. The summed E-state index contributed by atoms with van der Waals surface area (Å²) in [6, 6.07) is 3.90. The molecule has 0 saturated carbocycles. The number of aromatic nitrogens is 1. The second kappa shape index (κ2) is 11.4. The number of nitrogens with zero attached hydrogens (tertiary/aromatic N) is 2. The Kier molecular flexibility index (Phi) is 9.93. The molecular formula is C16H25IN4OS. The second-order valence-corrected chi connectivity index (χ2v) is 6.07. The van der Waals surface area contributed by atoms with Crippen LogP contribution in [-0.4, -0.2) is 30.6 Å². The molecule has 0 amide bonds. The van der Waals surface area contributed by atoms with E-state index in [4.69, 9.17) is 4.42 Å². The Morgan fingerprint density at radius 3 is 2.87 bits per heavy atom. The minimum atomic E-state index is 0. The third kappa shape index (κ3) is 7.34. The van der Waals surface area contributed by atoms with E-state index in [0.29, 0.717) is 5.92 Å². The third-order valence-corrected chi connectivity index (χ3v) is 4.19. The number of nitrogens with one attached hydrogen (secondary N) is 2. The number of furan rings is 1. The highest BCUT2D eigenvalue weighted by Gasteiger charge is 2.08. The topological polar surface area (TPSA) is 62.5 Å². The van der Waals surface area contributed by atoms with Crippen LogP contribution >= 0.6 is 35.3 Å². The lowest BCUT2D eigenvalue weighted by atomic mass is 10.2. The maximum Gasteiger partial charge on any atom is 0.191 e. The van der Waals surface area contributed by atoms with Crippen molar-refractivity contribution in [2.45, 2.75) is 32.6 Å². The van der Waals surface area contributed by atoms with Gasteiger partial charge in [-0.2, -0.15) is 0 Å². The van der Waals surface area contributed by atoms with Crippen LogP contribution in [0.25, 0.3) is 0 Å². The number of rotatable bonds is 8. The molecule has 1 atom stereocenters. The van der Waals surface area contributed by atoms with Gasteiger partial charge in [0.15, 0.2) is 5.96 Å². The van der Waals surface area contributed by atoms with Gasteiger partial charge in [0.25, 0.3) is 0 Å². The zero-order valence-corrected chi connectivity index (χ0v) is 16.8. The molecule has 5 nitrogen and oxygen atoms in total. The van der Waals surface area contributed by atoms with Crippen molar-refractivity contribution in [2.24, 2.45) is 4.99 Å². The average Bonchev–Trinajstić information content (AvgIpc) is 3.22. The summed E-state index contributed by atoms with van der Waals surface area (Å²) in [5.74, 6) is 2.18. The van der Waals surface area contributed by atoms with E-state index in [1.807, 2.05) is 23.7 Å². The van der Waals surface area contributed by atoms with E-state index in [2.05, 4.69) is 34.5 Å². The zero-order valence-electron chi connectivity index (χ0n) is 13.6. The molecule has 0 bridgehead atoms. The first-order valence-electron chi connectivity index (χ1n) is 7.73. The maximum atomic E-state index is 5.34. The van der Waals surface area contributed by atoms with Crippen LogP contribution in [0.4, 0.5) is 0 Å². The maximum absolute atomic E-state index is 5.34. The molecule has 0 fully saturated rings. The highest BCUT2D eigenvalue weighted by Crippen LogP contribution is 2.17. The first kappa shape index (κ1) is 20.0. The number of guanidine groups is 1. The lowest BCUT2D eigenvalue weighted by Gasteiger charge is -2.13. The number of hydrogen-bond donors (Lipinski definition) is 2. The van der Waals surface area contributed by atoms with Crippen molar-refractivity contribution < 1.29 is 4.42 Å². The molecule has 1 unspecified atom stereocenters. The molecule has 0 aliphatic rings. The van der Waals surface area contributed by atoms with Crippen LogP contribution in [0.5, 0.6) is 0 Å². The molecule has 2 N–H and O–H groups in total. The van der Waals surface area contributed by atoms with Crippen molar-refractivity contribution in [1.29, 1.82) is 0 Å². The van der Waals surface area contributed by atoms with E-state index in [1.54, 1.807) is 17.6 Å². The molecule has 0 saturated heterocycles. The fraction of sp³-hybridized carbons (Fsp3) is 0.500. The van der Waals surface area contributed by atoms with Gasteiger partial charge in [0.2, 0.25) is 0 Å². The quantitative estimate of drug-likeness (QED) is 0.368. The van der Waals surface area contributed by atoms with E-state index in [1.165, 1.54) is 0 Å². The van der Waals surface area contributed by atoms with Gasteiger partial charge < -0.3 is 15.1 Å². The molecule has 23 heavy (non-hydrogen) atoms. The summed E-state index contributed by atoms with van der Waals surface area (Å²) in [6.45, 7) is 6.74. The summed E-state index contributed by atoms with van der Waals surface area (Å²) in [6.07, 6.45) is 5.47. The van der Waals surface area contributed by atoms with Gasteiger partial charge in [-0.1, -0.05) is 13.8 Å². The van der Waals surface area contributed by atoms with Gasteiger partial charge >= 0.3 is 0 Å². The summed E-state index contributed by atoms with van der Waals surface area (Å²) in [5, 5.41) is 9.84. The highest BCUT2D eigenvalue weighted by molar-refractivity contribution is 14.0. The van der Waals surface area contributed by atoms with Crippen LogP contribution in [0.1, 0.15) is 37.0 Å². The smallest absolute Gasteiger partial charge is 0.191 e. The number of halogens is 1. The summed E-state index contributed by atoms with van der Waals surface area (Å²) < 4.78 is 5.34. The van der Waals surface area contributed by atoms with Crippen molar-refractivity contribution in [2.75, 3.05) is 19.6 Å². The van der Waals surface area contributed by atoms with E-state index in [9.17, 15) is 0 Å². The van der Waals surface area contributed by atoms with Crippen molar-refractivity contribution >= 4 is 41.3 Å². The van der Waals surface area contributed by atoms with Gasteiger partial charge in [-0.05, 0) is 18.6 Å². The Bertz CT molecular complexity index is 542. The predicted octanol–water partition coefficient (Wildman–Crippen LogP) is 3.65. The third-order valence-electron chi connectivity index (χ3n) is 3.18. The molecule has 0 aromatic carbocycles. The summed E-state index contributed by atoms with van der Waals surface area (Å²) in [5.41, 5.74) is 0. The summed E-state index contributed by atoms with van der Waals surface area (Å²) in [4.78, 5) is 9.01. The monoisotopic (exact) mass is 448 g/mol. The van der Waals surface area contributed by atoms with Crippen LogP contribution in [-0.2, 0) is 6.42 Å². The van der Waals surface area contributed by atoms with Gasteiger partial charge in [0.05, 0.1) is 17.8 Å². The first-order valence-corrected chi connectivity index (χ1v) is 8.61. The van der Waals surface area contributed by atoms with Crippen LogP contribution < -0.4 is 10.6 Å². The Labute approximate surface area is 159 Å². The van der Waals surface area contributed by atoms with Gasteiger partial charge in [-0.3, -0.25) is 4.99 Å². The molecule has 2 aromatic rings. The molecule has 0 spiro atoms. The number of thiazole rings is 1. The van der Waals surface area contributed by atoms with Gasteiger partial charge in [0.1, 0.15) is 5.76 Å². The minimum Gasteiger partial charge on any atom is -0.469 e. The number of aliphatic imine (C=N–C) groups is 1. The zero-order chi connectivity index (χ0) is 15.6. The fourth-order valence-corrected chi connectivity index (χ4v) is 2.65. The molecule has 2 heterocycles. The standard InChI is InChI=1S/C16H24N4OS.HI/c1-3-7-18-16(19-8-6-14-5-4-10-21-14)20-12-13(2)15-17-9-11-22-15;/h4-5,9-11,13H,3,6-8,12H2,1-2H3,(H2,18,19,20);1H. The van der Waals surface area contributed by atoms with E-state index < -0.39 is 0 Å². The molecular weight excluding hydrogens is 423 g/mol. The summed E-state index contributed by atoms with van der Waals surface area (Å²) >= 11 is 1.68. The number of hydrogen-bond acceptors (Lipinski definition) is 4. The Morgan fingerprint density at radius 2 is 2.22 bits per heavy atom. The van der Waals surface area contributed by atoms with Crippen molar-refractivity contribution in [3.05, 3.63) is 40.7 Å². The molecule has 0 aliphatic heterocycles. The normalized spacial score (nSPS) is 12.5. The van der Waals surface area contributed by atoms with E-state index in [0.717, 1.165) is 49.2 Å². The largest absolute Gasteiger partial charge is 0.469 e. The van der Waals surface area contributed by atoms with Gasteiger partial charge in [-0.25, -0.2) is 4.98 Å².